The molecule has 1 heterocycles. The van der Waals surface area contributed by atoms with Crippen LogP contribution in [0, 0.1) is 11.8 Å². The van der Waals surface area contributed by atoms with Gasteiger partial charge in [-0.25, -0.2) is 0 Å². The molecule has 1 saturated heterocycles. The molecule has 1 aliphatic heterocycles. The molecule has 2 fully saturated rings. The van der Waals surface area contributed by atoms with Gasteiger partial charge in [-0.2, -0.15) is 0 Å². The summed E-state index contributed by atoms with van der Waals surface area (Å²) < 4.78 is 5.47. The van der Waals surface area contributed by atoms with E-state index in [2.05, 4.69) is 24.1 Å². The van der Waals surface area contributed by atoms with Crippen LogP contribution >= 0.6 is 0 Å². The molecule has 20 heavy (non-hydrogen) atoms. The smallest absolute Gasteiger partial charge is 0.326 e. The minimum atomic E-state index is -0.356. The van der Waals surface area contributed by atoms with Gasteiger partial charge in [0.25, 0.3) is 0 Å². The van der Waals surface area contributed by atoms with Gasteiger partial charge in [-0.3, -0.25) is 9.69 Å². The second-order valence-electron chi connectivity index (χ2n) is 6.59. The lowest BCUT2D eigenvalue weighted by Gasteiger charge is -2.48. The van der Waals surface area contributed by atoms with Crippen LogP contribution in [0.1, 0.15) is 46.5 Å². The minimum Gasteiger partial charge on any atom is -0.465 e. The maximum Gasteiger partial charge on any atom is 0.326 e. The maximum atomic E-state index is 12.7. The predicted octanol–water partition coefficient (Wildman–Crippen LogP) is 2.04. The Labute approximate surface area is 123 Å². The number of hydrogen-bond donors (Lipinski definition) is 1. The lowest BCUT2D eigenvalue weighted by molar-refractivity contribution is -0.163. The Hall–Kier alpha value is -0.610. The van der Waals surface area contributed by atoms with Gasteiger partial charge in [-0.05, 0) is 31.6 Å². The molecule has 0 amide bonds. The average molecular weight is 282 g/mol. The van der Waals surface area contributed by atoms with Crippen LogP contribution < -0.4 is 5.32 Å². The maximum absolute atomic E-state index is 12.7. The highest BCUT2D eigenvalue weighted by molar-refractivity contribution is 5.81. The van der Waals surface area contributed by atoms with Crippen molar-refractivity contribution >= 4 is 5.97 Å². The van der Waals surface area contributed by atoms with E-state index in [1.54, 1.807) is 0 Å². The summed E-state index contributed by atoms with van der Waals surface area (Å²) >= 11 is 0. The van der Waals surface area contributed by atoms with E-state index in [4.69, 9.17) is 4.74 Å². The third kappa shape index (κ3) is 3.17. The molecule has 0 radical (unpaired) electrons. The standard InChI is InChI=1S/C16H30N2O2/c1-4-20-15(19)16(18-10-8-17-9-11-18)7-5-6-14(12-16)13(2)3/h13-14,17H,4-12H2,1-3H3. The summed E-state index contributed by atoms with van der Waals surface area (Å²) in [5, 5.41) is 3.38. The van der Waals surface area contributed by atoms with Crippen LogP contribution in [0.4, 0.5) is 0 Å². The number of rotatable bonds is 4. The van der Waals surface area contributed by atoms with E-state index >= 15 is 0 Å². The average Bonchev–Trinajstić information content (AvgIpc) is 2.48. The van der Waals surface area contributed by atoms with Crippen molar-refractivity contribution in [3.8, 4) is 0 Å². The molecule has 2 aliphatic rings. The molecular weight excluding hydrogens is 252 g/mol. The van der Waals surface area contributed by atoms with Crippen LogP contribution in [0.3, 0.4) is 0 Å². The Bertz CT molecular complexity index is 326. The molecule has 1 N–H and O–H groups in total. The van der Waals surface area contributed by atoms with Gasteiger partial charge in [0.2, 0.25) is 0 Å². The molecular formula is C16H30N2O2. The van der Waals surface area contributed by atoms with Crippen LogP contribution in [-0.4, -0.2) is 49.2 Å². The Morgan fingerprint density at radius 3 is 2.70 bits per heavy atom. The van der Waals surface area contributed by atoms with Gasteiger partial charge in [-0.15, -0.1) is 0 Å². The normalized spacial score (nSPS) is 32.3. The highest BCUT2D eigenvalue weighted by atomic mass is 16.5. The molecule has 2 atom stereocenters. The number of esters is 1. The molecule has 0 aromatic carbocycles. The summed E-state index contributed by atoms with van der Waals surface area (Å²) in [4.78, 5) is 15.1. The van der Waals surface area contributed by atoms with E-state index in [1.165, 1.54) is 6.42 Å². The van der Waals surface area contributed by atoms with Crippen molar-refractivity contribution in [1.82, 2.24) is 10.2 Å². The van der Waals surface area contributed by atoms with Crippen LogP contribution in [-0.2, 0) is 9.53 Å². The summed E-state index contributed by atoms with van der Waals surface area (Å²) in [6, 6.07) is 0. The van der Waals surface area contributed by atoms with Crippen molar-refractivity contribution in [2.24, 2.45) is 11.8 Å². The molecule has 116 valence electrons. The first-order valence-electron chi connectivity index (χ1n) is 8.23. The van der Waals surface area contributed by atoms with Gasteiger partial charge >= 0.3 is 5.97 Å². The summed E-state index contributed by atoms with van der Waals surface area (Å²) in [5.41, 5.74) is -0.356. The summed E-state index contributed by atoms with van der Waals surface area (Å²) in [6.45, 7) is 10.8. The van der Waals surface area contributed by atoms with Gasteiger partial charge in [0, 0.05) is 26.2 Å². The van der Waals surface area contributed by atoms with Gasteiger partial charge in [0.15, 0.2) is 0 Å². The van der Waals surface area contributed by atoms with Crippen LogP contribution in [0.2, 0.25) is 0 Å². The van der Waals surface area contributed by atoms with Gasteiger partial charge in [0.1, 0.15) is 5.54 Å². The fraction of sp³-hybridized carbons (Fsp3) is 0.938. The zero-order valence-electron chi connectivity index (χ0n) is 13.3. The second kappa shape index (κ2) is 6.90. The number of carbonyl (C=O) groups is 1. The molecule has 2 rings (SSSR count). The molecule has 4 heteroatoms. The van der Waals surface area contributed by atoms with E-state index in [0.717, 1.165) is 45.4 Å². The topological polar surface area (TPSA) is 41.6 Å². The summed E-state index contributed by atoms with van der Waals surface area (Å²) in [6.07, 6.45) is 4.34. The number of ether oxygens (including phenoxy) is 1. The molecule has 0 aromatic rings. The zero-order chi connectivity index (χ0) is 14.6. The van der Waals surface area contributed by atoms with E-state index in [-0.39, 0.29) is 11.5 Å². The lowest BCUT2D eigenvalue weighted by atomic mass is 9.70. The molecule has 0 spiro atoms. The Morgan fingerprint density at radius 1 is 1.40 bits per heavy atom. The number of nitrogens with zero attached hydrogens (tertiary/aromatic N) is 1. The highest BCUT2D eigenvalue weighted by Gasteiger charge is 2.49. The van der Waals surface area contributed by atoms with Crippen LogP contribution in [0.15, 0.2) is 0 Å². The third-order valence-corrected chi connectivity index (χ3v) is 5.09. The molecule has 1 aliphatic carbocycles. The SMILES string of the molecule is CCOC(=O)C1(N2CCNCC2)CCCC(C(C)C)C1. The van der Waals surface area contributed by atoms with Crippen molar-refractivity contribution in [1.29, 1.82) is 0 Å². The highest BCUT2D eigenvalue weighted by Crippen LogP contribution is 2.41. The monoisotopic (exact) mass is 282 g/mol. The second-order valence-corrected chi connectivity index (χ2v) is 6.59. The van der Waals surface area contributed by atoms with E-state index < -0.39 is 0 Å². The Kier molecular flexibility index (Phi) is 5.44. The quantitative estimate of drug-likeness (QED) is 0.801. The van der Waals surface area contributed by atoms with Gasteiger partial charge < -0.3 is 10.1 Å². The lowest BCUT2D eigenvalue weighted by Crippen LogP contribution is -2.62. The summed E-state index contributed by atoms with van der Waals surface area (Å²) in [7, 11) is 0. The van der Waals surface area contributed by atoms with Crippen molar-refractivity contribution in [2.75, 3.05) is 32.8 Å². The first kappa shape index (κ1) is 15.8. The molecule has 1 saturated carbocycles. The van der Waals surface area contributed by atoms with E-state index in [0.29, 0.717) is 18.4 Å². The number of carbonyl (C=O) groups excluding carboxylic acids is 1. The predicted molar refractivity (Wildman–Crippen MR) is 80.6 cm³/mol. The molecule has 0 bridgehead atoms. The first-order chi connectivity index (χ1) is 9.60. The van der Waals surface area contributed by atoms with Gasteiger partial charge in [-0.1, -0.05) is 26.7 Å². The number of hydrogen-bond acceptors (Lipinski definition) is 4. The van der Waals surface area contributed by atoms with Crippen LogP contribution in [0.25, 0.3) is 0 Å². The number of piperazine rings is 1. The van der Waals surface area contributed by atoms with Gasteiger partial charge in [0.05, 0.1) is 6.61 Å². The van der Waals surface area contributed by atoms with Crippen molar-refractivity contribution in [3.05, 3.63) is 0 Å². The zero-order valence-corrected chi connectivity index (χ0v) is 13.3. The summed E-state index contributed by atoms with van der Waals surface area (Å²) in [5.74, 6) is 1.31. The number of nitrogens with one attached hydrogen (secondary N) is 1. The minimum absolute atomic E-state index is 0.0206. The van der Waals surface area contributed by atoms with Crippen molar-refractivity contribution < 1.29 is 9.53 Å². The fourth-order valence-electron chi connectivity index (χ4n) is 3.82. The van der Waals surface area contributed by atoms with Crippen molar-refractivity contribution in [3.63, 3.8) is 0 Å². The fourth-order valence-corrected chi connectivity index (χ4v) is 3.82. The van der Waals surface area contributed by atoms with Crippen LogP contribution in [0.5, 0.6) is 0 Å². The Morgan fingerprint density at radius 2 is 2.10 bits per heavy atom. The van der Waals surface area contributed by atoms with Crippen molar-refractivity contribution in [2.45, 2.75) is 52.0 Å². The molecule has 0 aromatic heterocycles. The Balaban J connectivity index is 2.20. The molecule has 2 unspecified atom stereocenters. The first-order valence-corrected chi connectivity index (χ1v) is 8.23. The molecule has 4 nitrogen and oxygen atoms in total. The van der Waals surface area contributed by atoms with E-state index in [9.17, 15) is 4.79 Å². The third-order valence-electron chi connectivity index (χ3n) is 5.09. The largest absolute Gasteiger partial charge is 0.465 e. The van der Waals surface area contributed by atoms with E-state index in [1.807, 2.05) is 6.92 Å².